The highest BCUT2D eigenvalue weighted by atomic mass is 79.9. The lowest BCUT2D eigenvalue weighted by molar-refractivity contribution is 0.500. The summed E-state index contributed by atoms with van der Waals surface area (Å²) in [5.41, 5.74) is 1.20. The van der Waals surface area contributed by atoms with Crippen LogP contribution < -0.4 is 10.2 Å². The van der Waals surface area contributed by atoms with E-state index < -0.39 is 0 Å². The van der Waals surface area contributed by atoms with Crippen molar-refractivity contribution in [3.8, 4) is 0 Å². The van der Waals surface area contributed by atoms with Gasteiger partial charge in [0, 0.05) is 36.3 Å². The van der Waals surface area contributed by atoms with Crippen LogP contribution in [-0.4, -0.2) is 30.7 Å². The molecule has 4 heteroatoms. The van der Waals surface area contributed by atoms with E-state index in [0.717, 1.165) is 24.1 Å². The Morgan fingerprint density at radius 2 is 2.43 bits per heavy atom. The largest absolute Gasteiger partial charge is 0.365 e. The maximum Gasteiger partial charge on any atom is 0.0567 e. The molecule has 1 fully saturated rings. The summed E-state index contributed by atoms with van der Waals surface area (Å²) < 4.78 is 1.04. The van der Waals surface area contributed by atoms with E-state index in [1.807, 2.05) is 12.4 Å². The molecule has 1 aromatic rings. The van der Waals surface area contributed by atoms with Crippen molar-refractivity contribution in [2.45, 2.75) is 13.0 Å². The third kappa shape index (κ3) is 2.07. The summed E-state index contributed by atoms with van der Waals surface area (Å²) in [7, 11) is 0. The van der Waals surface area contributed by atoms with Crippen LogP contribution in [0.4, 0.5) is 5.69 Å². The fourth-order valence-corrected chi connectivity index (χ4v) is 2.14. The molecule has 0 radical (unpaired) electrons. The second-order valence-electron chi connectivity index (χ2n) is 3.61. The zero-order chi connectivity index (χ0) is 9.97. The van der Waals surface area contributed by atoms with E-state index in [1.165, 1.54) is 5.69 Å². The van der Waals surface area contributed by atoms with E-state index in [4.69, 9.17) is 0 Å². The summed E-state index contributed by atoms with van der Waals surface area (Å²) in [5.74, 6) is 0. The van der Waals surface area contributed by atoms with E-state index in [9.17, 15) is 0 Å². The van der Waals surface area contributed by atoms with Gasteiger partial charge in [-0.15, -0.1) is 0 Å². The van der Waals surface area contributed by atoms with Crippen LogP contribution in [-0.2, 0) is 0 Å². The Hall–Kier alpha value is -0.610. The molecule has 3 nitrogen and oxygen atoms in total. The van der Waals surface area contributed by atoms with Gasteiger partial charge in [-0.3, -0.25) is 4.98 Å². The first-order valence-electron chi connectivity index (χ1n) is 4.85. The molecule has 2 rings (SSSR count). The molecule has 2 heterocycles. The summed E-state index contributed by atoms with van der Waals surface area (Å²) in [5, 5.41) is 3.38. The Bertz CT molecular complexity index is 316. The first kappa shape index (κ1) is 9.93. The van der Waals surface area contributed by atoms with Gasteiger partial charge < -0.3 is 10.2 Å². The molecule has 1 aliphatic rings. The maximum atomic E-state index is 4.18. The number of nitrogens with one attached hydrogen (secondary N) is 1. The van der Waals surface area contributed by atoms with E-state index in [2.05, 4.69) is 44.1 Å². The van der Waals surface area contributed by atoms with Crippen LogP contribution in [0.3, 0.4) is 0 Å². The van der Waals surface area contributed by atoms with Gasteiger partial charge in [0.1, 0.15) is 0 Å². The molecule has 1 atom stereocenters. The Balaban J connectivity index is 2.20. The van der Waals surface area contributed by atoms with Gasteiger partial charge in [-0.25, -0.2) is 0 Å². The van der Waals surface area contributed by atoms with Crippen molar-refractivity contribution in [1.82, 2.24) is 10.3 Å². The Morgan fingerprint density at radius 3 is 3.14 bits per heavy atom. The normalized spacial score (nSPS) is 22.4. The second kappa shape index (κ2) is 4.28. The van der Waals surface area contributed by atoms with Crippen molar-refractivity contribution in [1.29, 1.82) is 0 Å². The average molecular weight is 256 g/mol. The number of halogens is 1. The van der Waals surface area contributed by atoms with Gasteiger partial charge in [0.25, 0.3) is 0 Å². The summed E-state index contributed by atoms with van der Waals surface area (Å²) in [6, 6.07) is 2.66. The van der Waals surface area contributed by atoms with Crippen molar-refractivity contribution in [2.75, 3.05) is 24.5 Å². The highest BCUT2D eigenvalue weighted by Crippen LogP contribution is 2.20. The van der Waals surface area contributed by atoms with E-state index in [1.54, 1.807) is 0 Å². The van der Waals surface area contributed by atoms with Gasteiger partial charge in [-0.2, -0.15) is 0 Å². The third-order valence-corrected chi connectivity index (χ3v) is 2.96. The van der Waals surface area contributed by atoms with Crippen LogP contribution in [0.25, 0.3) is 0 Å². The molecule has 14 heavy (non-hydrogen) atoms. The zero-order valence-corrected chi connectivity index (χ0v) is 9.79. The zero-order valence-electron chi connectivity index (χ0n) is 8.20. The predicted molar refractivity (Wildman–Crippen MR) is 61.6 cm³/mol. The molecule has 1 aromatic heterocycles. The first-order chi connectivity index (χ1) is 6.77. The van der Waals surface area contributed by atoms with Gasteiger partial charge >= 0.3 is 0 Å². The molecule has 0 aliphatic carbocycles. The fourth-order valence-electron chi connectivity index (χ4n) is 1.78. The highest BCUT2D eigenvalue weighted by Gasteiger charge is 2.18. The monoisotopic (exact) mass is 255 g/mol. The lowest BCUT2D eigenvalue weighted by Crippen LogP contribution is -2.49. The number of aromatic nitrogens is 1. The van der Waals surface area contributed by atoms with Crippen LogP contribution in [0.15, 0.2) is 22.9 Å². The number of piperazine rings is 1. The Morgan fingerprint density at radius 1 is 1.57 bits per heavy atom. The second-order valence-corrected chi connectivity index (χ2v) is 4.52. The number of hydrogen-bond donors (Lipinski definition) is 1. The van der Waals surface area contributed by atoms with Gasteiger partial charge in [-0.1, -0.05) is 0 Å². The average Bonchev–Trinajstić information content (AvgIpc) is 2.18. The standard InChI is InChI=1S/C10H14BrN3/c1-8-5-12-2-3-14(8)10-4-9(11)6-13-7-10/h4,6-8,12H,2-3,5H2,1H3. The van der Waals surface area contributed by atoms with Crippen LogP contribution in [0, 0.1) is 0 Å². The Kier molecular flexibility index (Phi) is 3.03. The quantitative estimate of drug-likeness (QED) is 0.828. The number of pyridine rings is 1. The number of anilines is 1. The minimum Gasteiger partial charge on any atom is -0.365 e. The van der Waals surface area contributed by atoms with Crippen molar-refractivity contribution in [2.24, 2.45) is 0 Å². The van der Waals surface area contributed by atoms with Crippen molar-refractivity contribution in [3.63, 3.8) is 0 Å². The molecule has 0 spiro atoms. The van der Waals surface area contributed by atoms with Crippen LogP contribution >= 0.6 is 15.9 Å². The molecule has 1 aliphatic heterocycles. The molecule has 1 N–H and O–H groups in total. The number of nitrogens with zero attached hydrogens (tertiary/aromatic N) is 2. The summed E-state index contributed by atoms with van der Waals surface area (Å²) in [6.45, 7) is 5.38. The SMILES string of the molecule is CC1CNCCN1c1cncc(Br)c1. The molecule has 0 amide bonds. The van der Waals surface area contributed by atoms with Crippen molar-refractivity contribution < 1.29 is 0 Å². The summed E-state index contributed by atoms with van der Waals surface area (Å²) in [6.07, 6.45) is 3.74. The van der Waals surface area contributed by atoms with E-state index >= 15 is 0 Å². The molecule has 0 aromatic carbocycles. The summed E-state index contributed by atoms with van der Waals surface area (Å²) >= 11 is 3.44. The van der Waals surface area contributed by atoms with Crippen LogP contribution in [0.5, 0.6) is 0 Å². The molecular weight excluding hydrogens is 242 g/mol. The van der Waals surface area contributed by atoms with Crippen LogP contribution in [0.1, 0.15) is 6.92 Å². The third-order valence-electron chi connectivity index (χ3n) is 2.52. The smallest absolute Gasteiger partial charge is 0.0567 e. The van der Waals surface area contributed by atoms with Crippen molar-refractivity contribution in [3.05, 3.63) is 22.9 Å². The van der Waals surface area contributed by atoms with E-state index in [0.29, 0.717) is 6.04 Å². The van der Waals surface area contributed by atoms with Gasteiger partial charge in [0.15, 0.2) is 0 Å². The fraction of sp³-hybridized carbons (Fsp3) is 0.500. The van der Waals surface area contributed by atoms with Gasteiger partial charge in [0.05, 0.1) is 11.9 Å². The number of hydrogen-bond acceptors (Lipinski definition) is 3. The lowest BCUT2D eigenvalue weighted by Gasteiger charge is -2.35. The van der Waals surface area contributed by atoms with Crippen molar-refractivity contribution >= 4 is 21.6 Å². The molecular formula is C10H14BrN3. The molecule has 76 valence electrons. The Labute approximate surface area is 92.6 Å². The minimum atomic E-state index is 0.542. The number of rotatable bonds is 1. The molecule has 1 unspecified atom stereocenters. The van der Waals surface area contributed by atoms with Crippen LogP contribution in [0.2, 0.25) is 0 Å². The predicted octanol–water partition coefficient (Wildman–Crippen LogP) is 1.64. The molecule has 0 saturated carbocycles. The van der Waals surface area contributed by atoms with Gasteiger partial charge in [-0.05, 0) is 28.9 Å². The van der Waals surface area contributed by atoms with Gasteiger partial charge in [0.2, 0.25) is 0 Å². The first-order valence-corrected chi connectivity index (χ1v) is 5.64. The maximum absolute atomic E-state index is 4.18. The summed E-state index contributed by atoms with van der Waals surface area (Å²) in [4.78, 5) is 6.57. The minimum absolute atomic E-state index is 0.542. The molecule has 0 bridgehead atoms. The lowest BCUT2D eigenvalue weighted by atomic mass is 10.2. The highest BCUT2D eigenvalue weighted by molar-refractivity contribution is 9.10. The van der Waals surface area contributed by atoms with E-state index in [-0.39, 0.29) is 0 Å². The topological polar surface area (TPSA) is 28.2 Å². The molecule has 1 saturated heterocycles.